The van der Waals surface area contributed by atoms with E-state index in [0.717, 1.165) is 0 Å². The first kappa shape index (κ1) is 19.7. The fourth-order valence-corrected chi connectivity index (χ4v) is 14.1. The van der Waals surface area contributed by atoms with E-state index in [1.807, 2.05) is 0 Å². The van der Waals surface area contributed by atoms with Gasteiger partial charge in [-0.05, 0) is 0 Å². The van der Waals surface area contributed by atoms with Crippen LogP contribution in [-0.2, 0) is 39.3 Å². The summed E-state index contributed by atoms with van der Waals surface area (Å²) >= 11 is 0. The summed E-state index contributed by atoms with van der Waals surface area (Å²) < 4.78 is 101. The highest BCUT2D eigenvalue weighted by molar-refractivity contribution is 8.18. The van der Waals surface area contributed by atoms with Gasteiger partial charge < -0.3 is 20.8 Å². The van der Waals surface area contributed by atoms with Crippen LogP contribution in [0.3, 0.4) is 0 Å². The standard InChI is InChI=1S/C14H12N2O10S4/c17-7-9-10(28(21,22)13(27(9,19)20)5-1-3-15-5)8(18)12-11(7)29(23,24)14(30(12,25)26)6-2-4-16-6/h15-18H,1-4H2. The Kier molecular flexibility index (Phi) is 3.47. The molecule has 2 saturated heterocycles. The normalized spacial score (nSPS) is 26.1. The van der Waals surface area contributed by atoms with Gasteiger partial charge in [0.15, 0.2) is 20.0 Å². The number of fused-ring (bicyclic) bond motifs is 2. The van der Waals surface area contributed by atoms with E-state index in [9.17, 15) is 43.9 Å². The number of phenols is 2. The molecule has 4 aliphatic rings. The van der Waals surface area contributed by atoms with Gasteiger partial charge in [-0.25, -0.2) is 33.7 Å². The third-order valence-electron chi connectivity index (χ3n) is 5.24. The van der Waals surface area contributed by atoms with E-state index in [4.69, 9.17) is 0 Å². The van der Waals surface area contributed by atoms with Crippen LogP contribution < -0.4 is 10.6 Å². The number of nitrogens with one attached hydrogen (secondary N) is 2. The average Bonchev–Trinajstić information content (AvgIpc) is 2.79. The van der Waals surface area contributed by atoms with E-state index in [1.54, 1.807) is 0 Å². The van der Waals surface area contributed by atoms with Gasteiger partial charge in [-0.15, -0.1) is 0 Å². The van der Waals surface area contributed by atoms with Crippen molar-refractivity contribution >= 4 is 39.3 Å². The van der Waals surface area contributed by atoms with E-state index in [1.165, 1.54) is 0 Å². The van der Waals surface area contributed by atoms with Gasteiger partial charge in [-0.2, -0.15) is 0 Å². The summed E-state index contributed by atoms with van der Waals surface area (Å²) in [7, 11) is -19.9. The molecular formula is C14H12N2O10S4. The molecule has 0 unspecified atom stereocenters. The van der Waals surface area contributed by atoms with Crippen LogP contribution in [0.4, 0.5) is 0 Å². The van der Waals surface area contributed by atoms with Gasteiger partial charge in [0.1, 0.15) is 19.6 Å². The second kappa shape index (κ2) is 5.30. The van der Waals surface area contributed by atoms with Crippen molar-refractivity contribution in [1.82, 2.24) is 10.6 Å². The molecule has 12 nitrogen and oxygen atoms in total. The van der Waals surface area contributed by atoms with Gasteiger partial charge in [0.2, 0.25) is 39.3 Å². The predicted octanol–water partition coefficient (Wildman–Crippen LogP) is -1.46. The van der Waals surface area contributed by atoms with E-state index in [0.29, 0.717) is 0 Å². The summed E-state index contributed by atoms with van der Waals surface area (Å²) in [5.74, 6) is -3.09. The third-order valence-corrected chi connectivity index (χ3v) is 14.8. The Labute approximate surface area is 170 Å². The molecule has 5 rings (SSSR count). The van der Waals surface area contributed by atoms with Gasteiger partial charge in [0.25, 0.3) is 0 Å². The molecule has 162 valence electrons. The van der Waals surface area contributed by atoms with Crippen molar-refractivity contribution in [3.63, 3.8) is 0 Å². The molecule has 4 aliphatic heterocycles. The fraction of sp³-hybridized carbons (Fsp3) is 0.286. The molecule has 0 saturated carbocycles. The summed E-state index contributed by atoms with van der Waals surface area (Å²) in [6.07, 6.45) is 0.0864. The SMILES string of the molecule is O=S1(=O)C(=C2CCN2)S(=O)(=O)c2c(O)c3c(c(O)c21)S(=O)(=O)C(=C1CCN1)S3(=O)=O. The molecule has 4 N–H and O–H groups in total. The lowest BCUT2D eigenvalue weighted by Crippen LogP contribution is -2.31. The maximum Gasteiger partial charge on any atom is 0.224 e. The smallest absolute Gasteiger partial charge is 0.224 e. The molecule has 0 radical (unpaired) electrons. The molecule has 0 spiro atoms. The topological polar surface area (TPSA) is 201 Å². The molecule has 0 atom stereocenters. The minimum Gasteiger partial charge on any atom is -0.505 e. The molecule has 16 heteroatoms. The van der Waals surface area contributed by atoms with Crippen molar-refractivity contribution in [2.24, 2.45) is 0 Å². The van der Waals surface area contributed by atoms with Crippen LogP contribution >= 0.6 is 0 Å². The molecule has 1 aromatic rings. The number of phenolic OH excluding ortho intramolecular Hbond substituents is 2. The van der Waals surface area contributed by atoms with Crippen molar-refractivity contribution in [3.05, 3.63) is 19.9 Å². The van der Waals surface area contributed by atoms with Crippen LogP contribution in [0.2, 0.25) is 0 Å². The van der Waals surface area contributed by atoms with Gasteiger partial charge in [-0.3, -0.25) is 0 Å². The van der Waals surface area contributed by atoms with Gasteiger partial charge in [0, 0.05) is 37.3 Å². The maximum absolute atomic E-state index is 12.9. The first-order valence-corrected chi connectivity index (χ1v) is 14.3. The molecule has 0 bridgehead atoms. The summed E-state index contributed by atoms with van der Waals surface area (Å²) in [6, 6.07) is 0. The number of hydrogen-bond donors (Lipinski definition) is 4. The molecule has 0 aromatic heterocycles. The summed E-state index contributed by atoms with van der Waals surface area (Å²) in [5, 5.41) is 26.2. The zero-order valence-corrected chi connectivity index (χ0v) is 17.9. The molecule has 0 aliphatic carbocycles. The zero-order chi connectivity index (χ0) is 22.0. The predicted molar refractivity (Wildman–Crippen MR) is 97.8 cm³/mol. The number of sulfone groups is 4. The monoisotopic (exact) mass is 496 g/mol. The van der Waals surface area contributed by atoms with E-state index >= 15 is 0 Å². The zero-order valence-electron chi connectivity index (χ0n) is 14.6. The number of hydrogen-bond acceptors (Lipinski definition) is 12. The average molecular weight is 497 g/mol. The van der Waals surface area contributed by atoms with Crippen LogP contribution in [0.15, 0.2) is 39.5 Å². The molecule has 2 fully saturated rings. The van der Waals surface area contributed by atoms with Crippen LogP contribution in [-0.4, -0.2) is 57.0 Å². The van der Waals surface area contributed by atoms with E-state index < -0.39 is 78.9 Å². The lowest BCUT2D eigenvalue weighted by atomic mass is 10.2. The Bertz CT molecular complexity index is 1360. The Hall–Kier alpha value is -2.30. The summed E-state index contributed by atoms with van der Waals surface area (Å²) in [5.41, 5.74) is -0.394. The lowest BCUT2D eigenvalue weighted by Gasteiger charge is -2.21. The van der Waals surface area contributed by atoms with Gasteiger partial charge in [-0.1, -0.05) is 0 Å². The molecule has 30 heavy (non-hydrogen) atoms. The lowest BCUT2D eigenvalue weighted by molar-refractivity contribution is 0.401. The Morgan fingerprint density at radius 1 is 0.533 bits per heavy atom. The largest absolute Gasteiger partial charge is 0.505 e. The van der Waals surface area contributed by atoms with E-state index in [2.05, 4.69) is 10.6 Å². The van der Waals surface area contributed by atoms with Crippen LogP contribution in [0.1, 0.15) is 12.8 Å². The second-order valence-corrected chi connectivity index (χ2v) is 14.7. The highest BCUT2D eigenvalue weighted by Gasteiger charge is 2.59. The molecular weight excluding hydrogens is 484 g/mol. The quantitative estimate of drug-likeness (QED) is 0.305. The van der Waals surface area contributed by atoms with Crippen LogP contribution in [0, 0.1) is 0 Å². The number of rotatable bonds is 0. The van der Waals surface area contributed by atoms with E-state index in [-0.39, 0.29) is 37.3 Å². The van der Waals surface area contributed by atoms with Gasteiger partial charge >= 0.3 is 0 Å². The Morgan fingerprint density at radius 2 is 0.767 bits per heavy atom. The third kappa shape index (κ3) is 1.95. The fourth-order valence-electron chi connectivity index (χ4n) is 3.79. The molecule has 0 amide bonds. The highest BCUT2D eigenvalue weighted by Crippen LogP contribution is 2.60. The van der Waals surface area contributed by atoms with Crippen molar-refractivity contribution in [2.45, 2.75) is 32.4 Å². The number of aromatic hydroxyl groups is 2. The maximum atomic E-state index is 12.9. The minimum atomic E-state index is -4.98. The van der Waals surface area contributed by atoms with Gasteiger partial charge in [0.05, 0.1) is 0 Å². The highest BCUT2D eigenvalue weighted by atomic mass is 32.3. The summed E-state index contributed by atoms with van der Waals surface area (Å²) in [4.78, 5) is -5.38. The molecule has 1 aromatic carbocycles. The van der Waals surface area contributed by atoms with Crippen molar-refractivity contribution in [2.75, 3.05) is 13.1 Å². The van der Waals surface area contributed by atoms with Crippen LogP contribution in [0.5, 0.6) is 11.5 Å². The number of benzene rings is 1. The first-order valence-electron chi connectivity index (χ1n) is 8.33. The summed E-state index contributed by atoms with van der Waals surface area (Å²) in [6.45, 7) is 0.558. The van der Waals surface area contributed by atoms with Crippen molar-refractivity contribution in [3.8, 4) is 11.5 Å². The van der Waals surface area contributed by atoms with Crippen LogP contribution in [0.25, 0.3) is 0 Å². The van der Waals surface area contributed by atoms with Crippen molar-refractivity contribution < 1.29 is 43.9 Å². The Morgan fingerprint density at radius 3 is 0.933 bits per heavy atom. The Balaban J connectivity index is 2.01. The first-order chi connectivity index (χ1) is 13.8. The van der Waals surface area contributed by atoms with Crippen molar-refractivity contribution in [1.29, 1.82) is 0 Å². The minimum absolute atomic E-state index is 0.0432. The second-order valence-electron chi connectivity index (χ2n) is 6.91. The molecule has 4 heterocycles.